The first-order chi connectivity index (χ1) is 14.0. The number of hydrogen-bond donors (Lipinski definition) is 6. The minimum absolute atomic E-state index is 0.0463. The number of nitrogens with zero attached hydrogens (tertiary/aromatic N) is 1. The van der Waals surface area contributed by atoms with Gasteiger partial charge in [0, 0.05) is 6.54 Å². The summed E-state index contributed by atoms with van der Waals surface area (Å²) in [4.78, 5) is 61.1. The molecule has 1 aliphatic heterocycles. The largest absolute Gasteiger partial charge is 0.481 e. The summed E-state index contributed by atoms with van der Waals surface area (Å²) in [7, 11) is 0. The van der Waals surface area contributed by atoms with Crippen molar-refractivity contribution >= 4 is 29.7 Å². The van der Waals surface area contributed by atoms with Gasteiger partial charge in [0.05, 0.1) is 13.0 Å². The Labute approximate surface area is 173 Å². The van der Waals surface area contributed by atoms with Gasteiger partial charge in [-0.15, -0.1) is 0 Å². The molecule has 170 valence electrons. The number of likely N-dealkylation sites (tertiary alicyclic amines) is 1. The standard InChI is InChI=1S/C18H30N4O8/c1-9(2)6-11(20-15(26)10(19)8-23)16(27)21-12(7-14(24)25)17(28)22-5-3-4-13(22)18(29)30/h9-13,23H,3-8,19H2,1-2H3,(H,20,26)(H,21,27)(H,24,25)(H,29,30). The summed E-state index contributed by atoms with van der Waals surface area (Å²) in [5, 5.41) is 32.1. The van der Waals surface area contributed by atoms with Crippen molar-refractivity contribution in [3.8, 4) is 0 Å². The Kier molecular flexibility index (Phi) is 9.66. The average Bonchev–Trinajstić information content (AvgIpc) is 3.14. The maximum absolute atomic E-state index is 12.8. The first-order valence-corrected chi connectivity index (χ1v) is 9.70. The van der Waals surface area contributed by atoms with E-state index >= 15 is 0 Å². The van der Waals surface area contributed by atoms with E-state index < -0.39 is 66.9 Å². The van der Waals surface area contributed by atoms with Crippen LogP contribution >= 0.6 is 0 Å². The highest BCUT2D eigenvalue weighted by Crippen LogP contribution is 2.19. The molecule has 0 aromatic heterocycles. The van der Waals surface area contributed by atoms with E-state index in [1.165, 1.54) is 0 Å². The Morgan fingerprint density at radius 1 is 1.07 bits per heavy atom. The Bertz CT molecular complexity index is 669. The predicted octanol–water partition coefficient (Wildman–Crippen LogP) is -2.13. The predicted molar refractivity (Wildman–Crippen MR) is 103 cm³/mol. The molecule has 0 bridgehead atoms. The molecule has 12 heteroatoms. The van der Waals surface area contributed by atoms with E-state index in [0.29, 0.717) is 6.42 Å². The number of nitrogens with two attached hydrogens (primary N) is 1. The molecule has 3 amide bonds. The van der Waals surface area contributed by atoms with Crippen molar-refractivity contribution in [2.45, 2.75) is 63.7 Å². The lowest BCUT2D eigenvalue weighted by Crippen LogP contribution is -2.58. The third-order valence-corrected chi connectivity index (χ3v) is 4.69. The van der Waals surface area contributed by atoms with Gasteiger partial charge in [-0.25, -0.2) is 4.79 Å². The number of aliphatic hydroxyl groups is 1. The van der Waals surface area contributed by atoms with Crippen molar-refractivity contribution < 1.29 is 39.3 Å². The Balaban J connectivity index is 3.00. The van der Waals surface area contributed by atoms with Crippen molar-refractivity contribution in [1.82, 2.24) is 15.5 Å². The van der Waals surface area contributed by atoms with E-state index in [2.05, 4.69) is 10.6 Å². The van der Waals surface area contributed by atoms with Gasteiger partial charge in [0.15, 0.2) is 0 Å². The third-order valence-electron chi connectivity index (χ3n) is 4.69. The zero-order chi connectivity index (χ0) is 23.0. The summed E-state index contributed by atoms with van der Waals surface area (Å²) < 4.78 is 0. The van der Waals surface area contributed by atoms with E-state index in [-0.39, 0.29) is 25.3 Å². The van der Waals surface area contributed by atoms with Gasteiger partial charge < -0.3 is 36.6 Å². The van der Waals surface area contributed by atoms with Crippen LogP contribution in [0.15, 0.2) is 0 Å². The molecule has 12 nitrogen and oxygen atoms in total. The molecule has 7 N–H and O–H groups in total. The average molecular weight is 430 g/mol. The SMILES string of the molecule is CC(C)CC(NC(=O)C(N)CO)C(=O)NC(CC(=O)O)C(=O)N1CCCC1C(=O)O. The topological polar surface area (TPSA) is 199 Å². The first kappa shape index (κ1) is 25.3. The number of hydrogen-bond acceptors (Lipinski definition) is 7. The Hall–Kier alpha value is -2.73. The van der Waals surface area contributed by atoms with Crippen molar-refractivity contribution in [3.05, 3.63) is 0 Å². The van der Waals surface area contributed by atoms with Gasteiger partial charge in [-0.2, -0.15) is 0 Å². The second-order valence-corrected chi connectivity index (χ2v) is 7.67. The van der Waals surface area contributed by atoms with Crippen LogP contribution in [0.2, 0.25) is 0 Å². The number of amides is 3. The molecular weight excluding hydrogens is 400 g/mol. The van der Waals surface area contributed by atoms with Crippen LogP contribution < -0.4 is 16.4 Å². The number of aliphatic carboxylic acids is 2. The summed E-state index contributed by atoms with van der Waals surface area (Å²) in [6.07, 6.45) is 0.110. The minimum Gasteiger partial charge on any atom is -0.481 e. The van der Waals surface area contributed by atoms with Crippen molar-refractivity contribution in [1.29, 1.82) is 0 Å². The van der Waals surface area contributed by atoms with Crippen LogP contribution in [0.1, 0.15) is 39.5 Å². The van der Waals surface area contributed by atoms with Crippen molar-refractivity contribution in [3.63, 3.8) is 0 Å². The molecule has 0 aromatic carbocycles. The van der Waals surface area contributed by atoms with Gasteiger partial charge in [-0.1, -0.05) is 13.8 Å². The fraction of sp³-hybridized carbons (Fsp3) is 0.722. The van der Waals surface area contributed by atoms with Gasteiger partial charge in [0.2, 0.25) is 17.7 Å². The lowest BCUT2D eigenvalue weighted by atomic mass is 10.0. The fourth-order valence-electron chi connectivity index (χ4n) is 3.20. The second kappa shape index (κ2) is 11.5. The molecule has 0 spiro atoms. The van der Waals surface area contributed by atoms with Crippen LogP contribution in [0.5, 0.6) is 0 Å². The number of carboxylic acids is 2. The number of carbonyl (C=O) groups is 5. The molecule has 1 heterocycles. The molecule has 0 saturated carbocycles. The van der Waals surface area contributed by atoms with Crippen LogP contribution in [0.3, 0.4) is 0 Å². The number of rotatable bonds is 11. The Morgan fingerprint density at radius 2 is 1.67 bits per heavy atom. The lowest BCUT2D eigenvalue weighted by Gasteiger charge is -2.28. The van der Waals surface area contributed by atoms with Crippen molar-refractivity contribution in [2.75, 3.05) is 13.2 Å². The molecule has 0 aromatic rings. The molecule has 1 aliphatic rings. The zero-order valence-electron chi connectivity index (χ0n) is 17.0. The molecule has 4 unspecified atom stereocenters. The van der Waals surface area contributed by atoms with Crippen LogP contribution in [0, 0.1) is 5.92 Å². The van der Waals surface area contributed by atoms with E-state index in [1.807, 2.05) is 0 Å². The van der Waals surface area contributed by atoms with E-state index in [1.54, 1.807) is 13.8 Å². The normalized spacial score (nSPS) is 19.1. The number of carbonyl (C=O) groups excluding carboxylic acids is 3. The summed E-state index contributed by atoms with van der Waals surface area (Å²) in [6, 6.07) is -4.94. The summed E-state index contributed by atoms with van der Waals surface area (Å²) >= 11 is 0. The summed E-state index contributed by atoms with van der Waals surface area (Å²) in [5.74, 6) is -4.99. The number of nitrogens with one attached hydrogen (secondary N) is 2. The minimum atomic E-state index is -1.49. The highest BCUT2D eigenvalue weighted by molar-refractivity contribution is 5.95. The zero-order valence-corrected chi connectivity index (χ0v) is 17.0. The lowest BCUT2D eigenvalue weighted by molar-refractivity contribution is -0.150. The van der Waals surface area contributed by atoms with E-state index in [4.69, 9.17) is 15.9 Å². The third kappa shape index (κ3) is 7.26. The van der Waals surface area contributed by atoms with Crippen LogP contribution in [-0.2, 0) is 24.0 Å². The van der Waals surface area contributed by atoms with Gasteiger partial charge in [-0.3, -0.25) is 19.2 Å². The van der Waals surface area contributed by atoms with E-state index in [9.17, 15) is 29.1 Å². The molecule has 1 rings (SSSR count). The fourth-order valence-corrected chi connectivity index (χ4v) is 3.20. The number of aliphatic hydroxyl groups excluding tert-OH is 1. The smallest absolute Gasteiger partial charge is 0.326 e. The highest BCUT2D eigenvalue weighted by Gasteiger charge is 2.39. The summed E-state index contributed by atoms with van der Waals surface area (Å²) in [5.41, 5.74) is 5.45. The molecule has 0 radical (unpaired) electrons. The molecule has 4 atom stereocenters. The number of carboxylic acid groups (broad SMARTS) is 2. The molecule has 1 fully saturated rings. The van der Waals surface area contributed by atoms with Gasteiger partial charge in [-0.05, 0) is 25.2 Å². The van der Waals surface area contributed by atoms with E-state index in [0.717, 1.165) is 4.90 Å². The second-order valence-electron chi connectivity index (χ2n) is 7.67. The van der Waals surface area contributed by atoms with Crippen LogP contribution in [0.4, 0.5) is 0 Å². The molecular formula is C18H30N4O8. The van der Waals surface area contributed by atoms with Gasteiger partial charge >= 0.3 is 11.9 Å². The molecule has 30 heavy (non-hydrogen) atoms. The summed E-state index contributed by atoms with van der Waals surface area (Å²) in [6.45, 7) is 3.09. The van der Waals surface area contributed by atoms with Gasteiger partial charge in [0.1, 0.15) is 24.2 Å². The quantitative estimate of drug-likeness (QED) is 0.212. The van der Waals surface area contributed by atoms with Crippen LogP contribution in [-0.4, -0.2) is 87.2 Å². The molecule has 1 saturated heterocycles. The van der Waals surface area contributed by atoms with Gasteiger partial charge in [0.25, 0.3) is 0 Å². The monoisotopic (exact) mass is 430 g/mol. The Morgan fingerprint density at radius 3 is 2.17 bits per heavy atom. The first-order valence-electron chi connectivity index (χ1n) is 9.70. The van der Waals surface area contributed by atoms with Crippen molar-refractivity contribution in [2.24, 2.45) is 11.7 Å². The maximum atomic E-state index is 12.8. The van der Waals surface area contributed by atoms with Crippen LogP contribution in [0.25, 0.3) is 0 Å². The highest BCUT2D eigenvalue weighted by atomic mass is 16.4. The molecule has 0 aliphatic carbocycles. The maximum Gasteiger partial charge on any atom is 0.326 e.